The van der Waals surface area contributed by atoms with E-state index >= 15 is 0 Å². The first-order valence-corrected chi connectivity index (χ1v) is 10.6. The predicted molar refractivity (Wildman–Crippen MR) is 128 cm³/mol. The lowest BCUT2D eigenvalue weighted by molar-refractivity contribution is -0.116. The summed E-state index contributed by atoms with van der Waals surface area (Å²) in [7, 11) is 0. The smallest absolute Gasteiger partial charge is 0.261 e. The van der Waals surface area contributed by atoms with Gasteiger partial charge in [0.25, 0.3) is 5.56 Å². The van der Waals surface area contributed by atoms with Crippen molar-refractivity contribution in [3.8, 4) is 5.82 Å². The SMILES string of the molecule is O=C(CCn1cnc2ccccc2c1=O)Nc1ccc(Nc2cc(-n3ccnc3)ncn2)cc1. The molecule has 0 fully saturated rings. The summed E-state index contributed by atoms with van der Waals surface area (Å²) in [6.45, 7) is 0.245. The van der Waals surface area contributed by atoms with Gasteiger partial charge in [-0.05, 0) is 36.4 Å². The van der Waals surface area contributed by atoms with Crippen molar-refractivity contribution in [2.75, 3.05) is 10.6 Å². The summed E-state index contributed by atoms with van der Waals surface area (Å²) in [5.41, 5.74) is 1.94. The molecule has 0 aliphatic rings. The number of imidazole rings is 1. The summed E-state index contributed by atoms with van der Waals surface area (Å²) in [5.74, 6) is 1.13. The van der Waals surface area contributed by atoms with E-state index in [2.05, 4.69) is 30.6 Å². The van der Waals surface area contributed by atoms with E-state index in [0.717, 1.165) is 5.69 Å². The number of hydrogen-bond acceptors (Lipinski definition) is 7. The van der Waals surface area contributed by atoms with E-state index in [1.807, 2.05) is 18.2 Å². The van der Waals surface area contributed by atoms with Crippen LogP contribution in [0, 0.1) is 0 Å². The third-order valence-corrected chi connectivity index (χ3v) is 5.17. The molecule has 0 spiro atoms. The van der Waals surface area contributed by atoms with Crippen molar-refractivity contribution in [1.29, 1.82) is 0 Å². The van der Waals surface area contributed by atoms with E-state index in [0.29, 0.717) is 28.2 Å². The summed E-state index contributed by atoms with van der Waals surface area (Å²) in [6.07, 6.45) is 8.25. The molecule has 0 radical (unpaired) electrons. The summed E-state index contributed by atoms with van der Waals surface area (Å²) in [4.78, 5) is 41.7. The Morgan fingerprint density at radius 3 is 2.59 bits per heavy atom. The summed E-state index contributed by atoms with van der Waals surface area (Å²) >= 11 is 0. The maximum atomic E-state index is 12.5. The number of fused-ring (bicyclic) bond motifs is 1. The van der Waals surface area contributed by atoms with Gasteiger partial charge in [0, 0.05) is 42.8 Å². The zero-order valence-electron chi connectivity index (χ0n) is 18.0. The molecule has 5 rings (SSSR count). The molecular formula is C24H20N8O2. The minimum Gasteiger partial charge on any atom is -0.340 e. The highest BCUT2D eigenvalue weighted by Crippen LogP contribution is 2.19. The second-order valence-corrected chi connectivity index (χ2v) is 7.49. The molecule has 34 heavy (non-hydrogen) atoms. The molecular weight excluding hydrogens is 432 g/mol. The predicted octanol–water partition coefficient (Wildman–Crippen LogP) is 3.14. The molecule has 2 N–H and O–H groups in total. The van der Waals surface area contributed by atoms with E-state index < -0.39 is 0 Å². The average Bonchev–Trinajstić information content (AvgIpc) is 3.41. The van der Waals surface area contributed by atoms with Gasteiger partial charge in [-0.15, -0.1) is 0 Å². The average molecular weight is 452 g/mol. The van der Waals surface area contributed by atoms with Gasteiger partial charge in [0.15, 0.2) is 0 Å². The zero-order chi connectivity index (χ0) is 23.3. The van der Waals surface area contributed by atoms with Crippen molar-refractivity contribution < 1.29 is 4.79 Å². The lowest BCUT2D eigenvalue weighted by atomic mass is 10.2. The lowest BCUT2D eigenvalue weighted by Gasteiger charge is -2.10. The topological polar surface area (TPSA) is 120 Å². The fourth-order valence-electron chi connectivity index (χ4n) is 3.45. The quantitative estimate of drug-likeness (QED) is 0.389. The highest BCUT2D eigenvalue weighted by atomic mass is 16.2. The summed E-state index contributed by atoms with van der Waals surface area (Å²) in [6, 6.07) is 16.2. The standard InChI is InChI=1S/C24H20N8O2/c33-23(9-11-32-16-28-20-4-2-1-3-19(20)24(32)34)30-18-7-5-17(6-8-18)29-21-13-22(27-14-26-21)31-12-10-25-15-31/h1-8,10,12-16H,9,11H2,(H,30,33)(H,26,27,29). The van der Waals surface area contributed by atoms with Gasteiger partial charge in [-0.25, -0.2) is 19.9 Å². The van der Waals surface area contributed by atoms with Crippen LogP contribution in [-0.4, -0.2) is 35.0 Å². The minimum absolute atomic E-state index is 0.151. The van der Waals surface area contributed by atoms with Gasteiger partial charge in [-0.3, -0.25) is 18.7 Å². The van der Waals surface area contributed by atoms with Crippen molar-refractivity contribution in [2.45, 2.75) is 13.0 Å². The fraction of sp³-hybridized carbons (Fsp3) is 0.0833. The Balaban J connectivity index is 1.18. The van der Waals surface area contributed by atoms with Gasteiger partial charge in [0.05, 0.1) is 17.2 Å². The van der Waals surface area contributed by atoms with Crippen LogP contribution in [0.2, 0.25) is 0 Å². The number of para-hydroxylation sites is 1. The van der Waals surface area contributed by atoms with Crippen molar-refractivity contribution in [3.63, 3.8) is 0 Å². The number of carbonyl (C=O) groups excluding carboxylic acids is 1. The number of anilines is 3. The number of carbonyl (C=O) groups is 1. The third kappa shape index (κ3) is 4.65. The Morgan fingerprint density at radius 1 is 0.941 bits per heavy atom. The second kappa shape index (κ2) is 9.33. The third-order valence-electron chi connectivity index (χ3n) is 5.17. The van der Waals surface area contributed by atoms with Crippen LogP contribution in [-0.2, 0) is 11.3 Å². The van der Waals surface area contributed by atoms with Crippen LogP contribution in [0.3, 0.4) is 0 Å². The molecule has 3 aromatic heterocycles. The van der Waals surface area contributed by atoms with Crippen molar-refractivity contribution in [1.82, 2.24) is 29.1 Å². The number of benzene rings is 2. The molecule has 10 heteroatoms. The minimum atomic E-state index is -0.193. The maximum absolute atomic E-state index is 12.5. The van der Waals surface area contributed by atoms with Crippen LogP contribution >= 0.6 is 0 Å². The number of nitrogens with one attached hydrogen (secondary N) is 2. The van der Waals surface area contributed by atoms with Gasteiger partial charge in [-0.2, -0.15) is 0 Å². The van der Waals surface area contributed by atoms with E-state index in [1.54, 1.807) is 59.7 Å². The molecule has 0 atom stereocenters. The fourth-order valence-corrected chi connectivity index (χ4v) is 3.45. The first kappa shape index (κ1) is 21.0. The first-order valence-electron chi connectivity index (χ1n) is 10.6. The van der Waals surface area contributed by atoms with Crippen LogP contribution in [0.15, 0.2) is 90.8 Å². The highest BCUT2D eigenvalue weighted by Gasteiger charge is 2.07. The highest BCUT2D eigenvalue weighted by molar-refractivity contribution is 5.90. The second-order valence-electron chi connectivity index (χ2n) is 7.49. The van der Waals surface area contributed by atoms with Gasteiger partial charge >= 0.3 is 0 Å². The normalized spacial score (nSPS) is 10.8. The molecule has 0 bridgehead atoms. The Hall–Kier alpha value is -4.86. The number of rotatable bonds is 7. The van der Waals surface area contributed by atoms with Crippen LogP contribution in [0.1, 0.15) is 6.42 Å². The molecule has 0 aliphatic carbocycles. The zero-order valence-corrected chi connectivity index (χ0v) is 18.0. The van der Waals surface area contributed by atoms with Gasteiger partial charge < -0.3 is 10.6 Å². The Morgan fingerprint density at radius 2 is 1.76 bits per heavy atom. The summed E-state index contributed by atoms with van der Waals surface area (Å²) in [5, 5.41) is 6.60. The molecule has 0 aliphatic heterocycles. The van der Waals surface area contributed by atoms with Gasteiger partial charge in [-0.1, -0.05) is 12.1 Å². The van der Waals surface area contributed by atoms with Crippen molar-refractivity contribution in [2.24, 2.45) is 0 Å². The number of nitrogens with zero attached hydrogens (tertiary/aromatic N) is 6. The van der Waals surface area contributed by atoms with Crippen LogP contribution in [0.5, 0.6) is 0 Å². The van der Waals surface area contributed by atoms with Gasteiger partial charge in [0.2, 0.25) is 5.91 Å². The van der Waals surface area contributed by atoms with Crippen molar-refractivity contribution >= 4 is 34.0 Å². The first-order chi connectivity index (χ1) is 16.7. The molecule has 1 amide bonds. The number of aromatic nitrogens is 6. The molecule has 5 aromatic rings. The largest absolute Gasteiger partial charge is 0.340 e. The van der Waals surface area contributed by atoms with E-state index in [1.165, 1.54) is 17.2 Å². The lowest BCUT2D eigenvalue weighted by Crippen LogP contribution is -2.23. The number of aryl methyl sites for hydroxylation is 1. The molecule has 0 unspecified atom stereocenters. The number of amides is 1. The molecule has 2 aromatic carbocycles. The Bertz CT molecular complexity index is 1490. The number of hydrogen-bond donors (Lipinski definition) is 2. The van der Waals surface area contributed by atoms with Crippen LogP contribution in [0.4, 0.5) is 17.2 Å². The molecule has 0 saturated heterocycles. The van der Waals surface area contributed by atoms with E-state index in [-0.39, 0.29) is 24.4 Å². The van der Waals surface area contributed by atoms with E-state index in [4.69, 9.17) is 0 Å². The maximum Gasteiger partial charge on any atom is 0.261 e. The van der Waals surface area contributed by atoms with Crippen molar-refractivity contribution in [3.05, 3.63) is 96.3 Å². The van der Waals surface area contributed by atoms with E-state index in [9.17, 15) is 9.59 Å². The van der Waals surface area contributed by atoms with Gasteiger partial charge in [0.1, 0.15) is 24.3 Å². The Kier molecular flexibility index (Phi) is 5.76. The molecule has 3 heterocycles. The molecule has 168 valence electrons. The molecule has 10 nitrogen and oxygen atoms in total. The molecule has 0 saturated carbocycles. The van der Waals surface area contributed by atoms with Crippen LogP contribution in [0.25, 0.3) is 16.7 Å². The Labute approximate surface area is 194 Å². The van der Waals surface area contributed by atoms with Crippen LogP contribution < -0.4 is 16.2 Å². The summed E-state index contributed by atoms with van der Waals surface area (Å²) < 4.78 is 3.24. The monoisotopic (exact) mass is 452 g/mol.